The van der Waals surface area contributed by atoms with Crippen LogP contribution in [0.25, 0.3) is 5.69 Å². The minimum atomic E-state index is -0.333. The molecule has 2 unspecified atom stereocenters. The van der Waals surface area contributed by atoms with Crippen LogP contribution in [0.5, 0.6) is 0 Å². The van der Waals surface area contributed by atoms with Crippen molar-refractivity contribution in [2.24, 2.45) is 5.92 Å². The Morgan fingerprint density at radius 2 is 2.10 bits per heavy atom. The molecule has 20 heavy (non-hydrogen) atoms. The highest BCUT2D eigenvalue weighted by atomic mass is 16.3. The molecule has 0 amide bonds. The van der Waals surface area contributed by atoms with Gasteiger partial charge in [0.15, 0.2) is 0 Å². The van der Waals surface area contributed by atoms with Gasteiger partial charge < -0.3 is 10.4 Å². The van der Waals surface area contributed by atoms with Crippen LogP contribution in [-0.4, -0.2) is 38.0 Å². The molecule has 0 saturated carbocycles. The maximum absolute atomic E-state index is 9.83. The highest BCUT2D eigenvalue weighted by Gasteiger charge is 2.12. The van der Waals surface area contributed by atoms with Crippen LogP contribution in [0.1, 0.15) is 32.4 Å². The molecule has 2 rings (SSSR count). The summed E-state index contributed by atoms with van der Waals surface area (Å²) in [7, 11) is 0. The molecule has 0 radical (unpaired) electrons. The van der Waals surface area contributed by atoms with Crippen molar-refractivity contribution in [3.05, 3.63) is 36.2 Å². The van der Waals surface area contributed by atoms with E-state index in [1.54, 1.807) is 11.0 Å². The molecule has 1 heterocycles. The Kier molecular flexibility index (Phi) is 4.81. The third-order valence-corrected chi connectivity index (χ3v) is 3.39. The minimum absolute atomic E-state index is 0.153. The summed E-state index contributed by atoms with van der Waals surface area (Å²) in [6.07, 6.45) is 1.24. The fraction of sp³-hybridized carbons (Fsp3) is 0.500. The van der Waals surface area contributed by atoms with Gasteiger partial charge in [0.25, 0.3) is 0 Å². The normalized spacial score (nSPS) is 14.4. The second-order valence-corrected chi connectivity index (χ2v) is 5.29. The van der Waals surface area contributed by atoms with Crippen LogP contribution < -0.4 is 5.32 Å². The Balaban J connectivity index is 2.03. The summed E-state index contributed by atoms with van der Waals surface area (Å²) in [5, 5.41) is 24.3. The number of tetrazole rings is 1. The van der Waals surface area contributed by atoms with E-state index in [-0.39, 0.29) is 18.1 Å². The van der Waals surface area contributed by atoms with Crippen molar-refractivity contribution in [1.29, 1.82) is 0 Å². The molecular formula is C14H21N5O. The lowest BCUT2D eigenvalue weighted by molar-refractivity contribution is 0.120. The van der Waals surface area contributed by atoms with Crippen molar-refractivity contribution < 1.29 is 5.11 Å². The number of hydrogen-bond acceptors (Lipinski definition) is 5. The van der Waals surface area contributed by atoms with E-state index >= 15 is 0 Å². The molecule has 0 aliphatic heterocycles. The second kappa shape index (κ2) is 6.58. The fourth-order valence-electron chi connectivity index (χ4n) is 1.87. The average Bonchev–Trinajstić information content (AvgIpc) is 2.98. The Morgan fingerprint density at radius 1 is 1.30 bits per heavy atom. The first-order valence-corrected chi connectivity index (χ1v) is 6.82. The Morgan fingerprint density at radius 3 is 2.75 bits per heavy atom. The van der Waals surface area contributed by atoms with Gasteiger partial charge in [-0.05, 0) is 41.0 Å². The van der Waals surface area contributed by atoms with E-state index in [2.05, 4.69) is 27.8 Å². The molecule has 0 spiro atoms. The molecule has 108 valence electrons. The van der Waals surface area contributed by atoms with Gasteiger partial charge in [-0.15, -0.1) is 5.10 Å². The van der Waals surface area contributed by atoms with Crippen LogP contribution in [0, 0.1) is 5.92 Å². The molecule has 1 aromatic carbocycles. The van der Waals surface area contributed by atoms with Gasteiger partial charge in [0, 0.05) is 12.6 Å². The van der Waals surface area contributed by atoms with Gasteiger partial charge in [-0.1, -0.05) is 26.0 Å². The van der Waals surface area contributed by atoms with E-state index in [0.717, 1.165) is 11.3 Å². The molecule has 1 aromatic heterocycles. The van der Waals surface area contributed by atoms with E-state index in [4.69, 9.17) is 0 Å². The first-order chi connectivity index (χ1) is 9.58. The molecule has 0 aliphatic carbocycles. The molecule has 0 bridgehead atoms. The number of aliphatic hydroxyl groups excluding tert-OH is 1. The maximum Gasteiger partial charge on any atom is 0.143 e. The fourth-order valence-corrected chi connectivity index (χ4v) is 1.87. The molecule has 2 aromatic rings. The van der Waals surface area contributed by atoms with Crippen LogP contribution in [0.4, 0.5) is 0 Å². The largest absolute Gasteiger partial charge is 0.392 e. The number of nitrogens with one attached hydrogen (secondary N) is 1. The lowest BCUT2D eigenvalue weighted by atomic mass is 10.1. The first kappa shape index (κ1) is 14.6. The van der Waals surface area contributed by atoms with Crippen molar-refractivity contribution in [2.75, 3.05) is 6.54 Å². The summed E-state index contributed by atoms with van der Waals surface area (Å²) in [5.74, 6) is 0.252. The van der Waals surface area contributed by atoms with Crippen molar-refractivity contribution in [3.8, 4) is 5.69 Å². The lowest BCUT2D eigenvalue weighted by Crippen LogP contribution is -2.32. The Labute approximate surface area is 118 Å². The van der Waals surface area contributed by atoms with Crippen LogP contribution in [0.3, 0.4) is 0 Å². The number of rotatable bonds is 6. The third-order valence-electron chi connectivity index (χ3n) is 3.39. The van der Waals surface area contributed by atoms with Crippen LogP contribution in [-0.2, 0) is 0 Å². The van der Waals surface area contributed by atoms with Gasteiger partial charge in [-0.2, -0.15) is 0 Å². The van der Waals surface area contributed by atoms with Crippen LogP contribution in [0.2, 0.25) is 0 Å². The summed E-state index contributed by atoms with van der Waals surface area (Å²) < 4.78 is 1.62. The third kappa shape index (κ3) is 3.61. The summed E-state index contributed by atoms with van der Waals surface area (Å²) in [6.45, 7) is 6.67. The number of hydrogen-bond donors (Lipinski definition) is 2. The van der Waals surface area contributed by atoms with E-state index < -0.39 is 0 Å². The summed E-state index contributed by atoms with van der Waals surface area (Å²) >= 11 is 0. The van der Waals surface area contributed by atoms with Crippen molar-refractivity contribution in [1.82, 2.24) is 25.5 Å². The molecule has 6 nitrogen and oxygen atoms in total. The van der Waals surface area contributed by atoms with Gasteiger partial charge in [0.05, 0.1) is 11.8 Å². The first-order valence-electron chi connectivity index (χ1n) is 6.82. The molecule has 6 heteroatoms. The number of nitrogens with zero attached hydrogens (tertiary/aromatic N) is 4. The predicted octanol–water partition coefficient (Wildman–Crippen LogP) is 1.33. The van der Waals surface area contributed by atoms with Gasteiger partial charge in [-0.3, -0.25) is 0 Å². The van der Waals surface area contributed by atoms with Crippen molar-refractivity contribution in [2.45, 2.75) is 32.9 Å². The van der Waals surface area contributed by atoms with Gasteiger partial charge in [0.2, 0.25) is 0 Å². The number of benzene rings is 1. The lowest BCUT2D eigenvalue weighted by Gasteiger charge is -2.20. The van der Waals surface area contributed by atoms with Gasteiger partial charge >= 0.3 is 0 Å². The van der Waals surface area contributed by atoms with E-state index in [0.29, 0.717) is 6.54 Å². The van der Waals surface area contributed by atoms with E-state index in [1.165, 1.54) is 0 Å². The molecule has 2 N–H and O–H groups in total. The predicted molar refractivity (Wildman–Crippen MR) is 76.4 cm³/mol. The molecular weight excluding hydrogens is 254 g/mol. The smallest absolute Gasteiger partial charge is 0.143 e. The monoisotopic (exact) mass is 275 g/mol. The van der Waals surface area contributed by atoms with E-state index in [9.17, 15) is 5.11 Å². The Bertz CT molecular complexity index is 526. The molecule has 0 fully saturated rings. The van der Waals surface area contributed by atoms with Crippen LogP contribution >= 0.6 is 0 Å². The zero-order chi connectivity index (χ0) is 14.5. The van der Waals surface area contributed by atoms with Crippen molar-refractivity contribution >= 4 is 0 Å². The Hall–Kier alpha value is -1.79. The summed E-state index contributed by atoms with van der Waals surface area (Å²) in [4.78, 5) is 0. The highest BCUT2D eigenvalue weighted by molar-refractivity contribution is 5.35. The average molecular weight is 275 g/mol. The SMILES string of the molecule is CC(NCC(O)C(C)C)c1cccc(-n2cnnn2)c1. The standard InChI is InChI=1S/C14H21N5O/c1-10(2)14(20)8-15-11(3)12-5-4-6-13(7-12)19-9-16-17-18-19/h4-7,9-11,14-15,20H,8H2,1-3H3. The number of aliphatic hydroxyl groups is 1. The van der Waals surface area contributed by atoms with Gasteiger partial charge in [-0.25, -0.2) is 4.68 Å². The summed E-state index contributed by atoms with van der Waals surface area (Å²) in [6, 6.07) is 8.17. The quantitative estimate of drug-likeness (QED) is 0.832. The highest BCUT2D eigenvalue weighted by Crippen LogP contribution is 2.16. The zero-order valence-corrected chi connectivity index (χ0v) is 12.1. The summed E-state index contributed by atoms with van der Waals surface area (Å²) in [5.41, 5.74) is 2.06. The minimum Gasteiger partial charge on any atom is -0.392 e. The molecule has 0 saturated heterocycles. The van der Waals surface area contributed by atoms with E-state index in [1.807, 2.05) is 38.1 Å². The van der Waals surface area contributed by atoms with Gasteiger partial charge in [0.1, 0.15) is 6.33 Å². The van der Waals surface area contributed by atoms with Crippen LogP contribution in [0.15, 0.2) is 30.6 Å². The second-order valence-electron chi connectivity index (χ2n) is 5.29. The molecule has 0 aliphatic rings. The number of aromatic nitrogens is 4. The molecule has 2 atom stereocenters. The maximum atomic E-state index is 9.83. The van der Waals surface area contributed by atoms with Crippen molar-refractivity contribution in [3.63, 3.8) is 0 Å². The topological polar surface area (TPSA) is 75.9 Å². The zero-order valence-electron chi connectivity index (χ0n) is 12.1.